The molecule has 4 rings (SSSR count). The molecule has 0 saturated carbocycles. The number of nitrogens with zero attached hydrogens (tertiary/aromatic N) is 2. The molecule has 1 aliphatic heterocycles. The van der Waals surface area contributed by atoms with Crippen molar-refractivity contribution in [3.05, 3.63) is 77.1 Å². The number of rotatable bonds is 7. The number of pyridine rings is 1. The Bertz CT molecular complexity index is 1140. The largest absolute Gasteiger partial charge is 0.496 e. The lowest BCUT2D eigenvalue weighted by atomic mass is 9.95. The number of ether oxygens (including phenoxy) is 1. The van der Waals surface area contributed by atoms with Crippen LogP contribution in [0.1, 0.15) is 52.9 Å². The molecule has 6 nitrogen and oxygen atoms in total. The fourth-order valence-electron chi connectivity index (χ4n) is 4.35. The number of anilines is 1. The summed E-state index contributed by atoms with van der Waals surface area (Å²) >= 11 is 0. The van der Waals surface area contributed by atoms with E-state index in [1.54, 1.807) is 13.3 Å². The Kier molecular flexibility index (Phi) is 6.15. The number of benzene rings is 2. The molecule has 2 aromatic carbocycles. The van der Waals surface area contributed by atoms with Gasteiger partial charge in [0.1, 0.15) is 5.75 Å². The molecule has 0 radical (unpaired) electrons. The molecule has 3 aromatic rings. The Morgan fingerprint density at radius 1 is 1.25 bits per heavy atom. The molecule has 0 spiro atoms. The molecule has 1 atom stereocenters. The minimum atomic E-state index is -0.961. The van der Waals surface area contributed by atoms with E-state index in [0.717, 1.165) is 23.4 Å². The lowest BCUT2D eigenvalue weighted by Crippen LogP contribution is -2.24. The van der Waals surface area contributed by atoms with Crippen LogP contribution >= 0.6 is 0 Å². The lowest BCUT2D eigenvalue weighted by Gasteiger charge is -2.22. The van der Waals surface area contributed by atoms with Gasteiger partial charge in [0.05, 0.1) is 30.6 Å². The van der Waals surface area contributed by atoms with Gasteiger partial charge < -0.3 is 15.2 Å². The number of hydrogen-bond acceptors (Lipinski definition) is 5. The van der Waals surface area contributed by atoms with Gasteiger partial charge in [-0.3, -0.25) is 9.88 Å². The molecule has 2 N–H and O–H groups in total. The minimum Gasteiger partial charge on any atom is -0.496 e. The zero-order chi connectivity index (χ0) is 22.8. The van der Waals surface area contributed by atoms with E-state index in [4.69, 9.17) is 4.74 Å². The van der Waals surface area contributed by atoms with Crippen molar-refractivity contribution in [1.82, 2.24) is 9.88 Å². The second kappa shape index (κ2) is 9.01. The highest BCUT2D eigenvalue weighted by atomic mass is 16.5. The van der Waals surface area contributed by atoms with E-state index in [1.807, 2.05) is 0 Å². The van der Waals surface area contributed by atoms with Gasteiger partial charge in [-0.15, -0.1) is 0 Å². The number of methoxy groups -OCH3 is 1. The average molecular weight is 432 g/mol. The summed E-state index contributed by atoms with van der Waals surface area (Å²) in [5.41, 5.74) is 6.78. The predicted octanol–water partition coefficient (Wildman–Crippen LogP) is 5.18. The highest BCUT2D eigenvalue weighted by molar-refractivity contribution is 5.93. The summed E-state index contributed by atoms with van der Waals surface area (Å²) in [6.45, 7) is 5.79. The van der Waals surface area contributed by atoms with Crippen molar-refractivity contribution in [2.75, 3.05) is 26.0 Å². The third kappa shape index (κ3) is 4.18. The number of carbonyl (C=O) groups is 1. The molecule has 1 aliphatic rings. The average Bonchev–Trinajstić information content (AvgIpc) is 3.11. The Morgan fingerprint density at radius 3 is 2.78 bits per heavy atom. The Labute approximate surface area is 188 Å². The van der Waals surface area contributed by atoms with Crippen LogP contribution in [0.2, 0.25) is 0 Å². The SMILES string of the molecule is COc1cc(C(C)C)ccc1-c1ccc2c(c1)CN(C)[C@@H]2CNc1cnccc1C(=O)O. The minimum absolute atomic E-state index is 0.145. The topological polar surface area (TPSA) is 74.7 Å². The van der Waals surface area contributed by atoms with Crippen LogP contribution in [0.5, 0.6) is 5.75 Å². The number of hydrogen-bond donors (Lipinski definition) is 2. The van der Waals surface area contributed by atoms with Gasteiger partial charge in [-0.2, -0.15) is 0 Å². The van der Waals surface area contributed by atoms with Gasteiger partial charge in [-0.05, 0) is 53.4 Å². The molecule has 0 amide bonds. The van der Waals surface area contributed by atoms with E-state index in [0.29, 0.717) is 18.2 Å². The van der Waals surface area contributed by atoms with Crippen molar-refractivity contribution in [2.24, 2.45) is 0 Å². The number of carboxylic acid groups (broad SMARTS) is 1. The number of aromatic nitrogens is 1. The molecule has 0 aliphatic carbocycles. The van der Waals surface area contributed by atoms with Crippen LogP contribution in [0, 0.1) is 0 Å². The quantitative estimate of drug-likeness (QED) is 0.537. The van der Waals surface area contributed by atoms with Crippen LogP contribution in [-0.2, 0) is 6.54 Å². The molecule has 0 fully saturated rings. The molecule has 6 heteroatoms. The Hall–Kier alpha value is -3.38. The summed E-state index contributed by atoms with van der Waals surface area (Å²) in [6, 6.07) is 14.7. The van der Waals surface area contributed by atoms with Crippen LogP contribution in [0.4, 0.5) is 5.69 Å². The summed E-state index contributed by atoms with van der Waals surface area (Å²) in [4.78, 5) is 17.8. The first-order valence-corrected chi connectivity index (χ1v) is 10.8. The standard InChI is InChI=1S/C26H29N3O3/c1-16(2)17-5-8-21(25(12-17)32-4)18-6-7-20-19(11-18)15-29(3)24(20)14-28-23-13-27-10-9-22(23)26(30)31/h5-13,16,24,28H,14-15H2,1-4H3,(H,30,31)/t24-/m1/s1. The van der Waals surface area contributed by atoms with Crippen molar-refractivity contribution in [3.63, 3.8) is 0 Å². The van der Waals surface area contributed by atoms with Gasteiger partial charge in [0.15, 0.2) is 0 Å². The summed E-state index contributed by atoms with van der Waals surface area (Å²) in [5.74, 6) is 0.372. The fourth-order valence-corrected chi connectivity index (χ4v) is 4.35. The molecular weight excluding hydrogens is 402 g/mol. The van der Waals surface area contributed by atoms with E-state index < -0.39 is 5.97 Å². The van der Waals surface area contributed by atoms with E-state index in [1.165, 1.54) is 29.0 Å². The molecule has 0 unspecified atom stereocenters. The second-order valence-electron chi connectivity index (χ2n) is 8.57. The smallest absolute Gasteiger partial charge is 0.337 e. The van der Waals surface area contributed by atoms with E-state index >= 15 is 0 Å². The van der Waals surface area contributed by atoms with Gasteiger partial charge in [0.2, 0.25) is 0 Å². The van der Waals surface area contributed by atoms with E-state index in [-0.39, 0.29) is 11.6 Å². The number of fused-ring (bicyclic) bond motifs is 1. The number of nitrogens with one attached hydrogen (secondary N) is 1. The maximum atomic E-state index is 11.5. The summed E-state index contributed by atoms with van der Waals surface area (Å²) in [6.07, 6.45) is 3.06. The highest BCUT2D eigenvalue weighted by Crippen LogP contribution is 2.38. The van der Waals surface area contributed by atoms with Gasteiger partial charge >= 0.3 is 5.97 Å². The number of aromatic carboxylic acids is 1. The van der Waals surface area contributed by atoms with Crippen LogP contribution in [0.25, 0.3) is 11.1 Å². The first-order chi connectivity index (χ1) is 15.4. The Morgan fingerprint density at radius 2 is 2.06 bits per heavy atom. The van der Waals surface area contributed by atoms with E-state index in [2.05, 4.69) is 72.5 Å². The molecule has 0 bridgehead atoms. The van der Waals surface area contributed by atoms with Gasteiger partial charge in [-0.1, -0.05) is 38.1 Å². The van der Waals surface area contributed by atoms with Gasteiger partial charge in [0.25, 0.3) is 0 Å². The van der Waals surface area contributed by atoms with Crippen molar-refractivity contribution in [1.29, 1.82) is 0 Å². The predicted molar refractivity (Wildman–Crippen MR) is 126 cm³/mol. The maximum Gasteiger partial charge on any atom is 0.337 e. The number of carboxylic acids is 1. The molecule has 1 aromatic heterocycles. The second-order valence-corrected chi connectivity index (χ2v) is 8.57. The maximum absolute atomic E-state index is 11.5. The molecular formula is C26H29N3O3. The van der Waals surface area contributed by atoms with Crippen LogP contribution in [0.3, 0.4) is 0 Å². The lowest BCUT2D eigenvalue weighted by molar-refractivity contribution is 0.0697. The molecule has 2 heterocycles. The molecule has 0 saturated heterocycles. The summed E-state index contributed by atoms with van der Waals surface area (Å²) in [7, 11) is 3.81. The zero-order valence-corrected chi connectivity index (χ0v) is 18.9. The van der Waals surface area contributed by atoms with E-state index in [9.17, 15) is 9.90 Å². The third-order valence-electron chi connectivity index (χ3n) is 6.19. The van der Waals surface area contributed by atoms with Crippen molar-refractivity contribution in [3.8, 4) is 16.9 Å². The zero-order valence-electron chi connectivity index (χ0n) is 18.9. The third-order valence-corrected chi connectivity index (χ3v) is 6.19. The van der Waals surface area contributed by atoms with Crippen molar-refractivity contribution >= 4 is 11.7 Å². The molecule has 32 heavy (non-hydrogen) atoms. The molecule has 166 valence electrons. The van der Waals surface area contributed by atoms with Gasteiger partial charge in [0, 0.05) is 24.8 Å². The first kappa shape index (κ1) is 21.8. The number of likely N-dealkylation sites (N-methyl/N-ethyl adjacent to an activating group) is 1. The van der Waals surface area contributed by atoms with Crippen LogP contribution < -0.4 is 10.1 Å². The van der Waals surface area contributed by atoms with Crippen molar-refractivity contribution in [2.45, 2.75) is 32.4 Å². The summed E-state index contributed by atoms with van der Waals surface area (Å²) < 4.78 is 5.70. The van der Waals surface area contributed by atoms with Crippen molar-refractivity contribution < 1.29 is 14.6 Å². The first-order valence-electron chi connectivity index (χ1n) is 10.8. The Balaban J connectivity index is 1.59. The highest BCUT2D eigenvalue weighted by Gasteiger charge is 2.28. The normalized spacial score (nSPS) is 15.6. The van der Waals surface area contributed by atoms with Gasteiger partial charge in [-0.25, -0.2) is 4.79 Å². The van der Waals surface area contributed by atoms with Crippen LogP contribution in [-0.4, -0.2) is 41.7 Å². The monoisotopic (exact) mass is 431 g/mol. The summed E-state index contributed by atoms with van der Waals surface area (Å²) in [5, 5.41) is 12.7. The van der Waals surface area contributed by atoms with Crippen LogP contribution in [0.15, 0.2) is 54.9 Å². The fraction of sp³-hybridized carbons (Fsp3) is 0.308.